The Morgan fingerprint density at radius 2 is 1.67 bits per heavy atom. The fourth-order valence-corrected chi connectivity index (χ4v) is 4.60. The highest BCUT2D eigenvalue weighted by molar-refractivity contribution is 9.10. The van der Waals surface area contributed by atoms with E-state index >= 15 is 0 Å². The number of nitrogens with one attached hydrogen (secondary N) is 1. The lowest BCUT2D eigenvalue weighted by molar-refractivity contribution is -0.139. The predicted octanol–water partition coefficient (Wildman–Crippen LogP) is 5.54. The van der Waals surface area contributed by atoms with Gasteiger partial charge in [0.15, 0.2) is 0 Å². The Morgan fingerprint density at radius 1 is 1.07 bits per heavy atom. The molecule has 0 amide bonds. The summed E-state index contributed by atoms with van der Waals surface area (Å²) < 4.78 is 41.4. The molecule has 1 saturated carbocycles. The smallest absolute Gasteiger partial charge is 0.416 e. The summed E-state index contributed by atoms with van der Waals surface area (Å²) >= 11 is 3.22. The number of alkyl halides is 3. The maximum atomic E-state index is 13.7. The van der Waals surface area contributed by atoms with Crippen LogP contribution in [0.25, 0.3) is 0 Å². The number of hydrogen-bond donors (Lipinski definition) is 2. The van der Waals surface area contributed by atoms with Gasteiger partial charge in [0, 0.05) is 37.8 Å². The lowest BCUT2D eigenvalue weighted by atomic mass is 9.78. The number of aromatic hydroxyl groups is 1. The quantitative estimate of drug-likeness (QED) is 0.579. The third-order valence-electron chi connectivity index (χ3n) is 5.41. The normalized spacial score (nSPS) is 20.4. The van der Waals surface area contributed by atoms with E-state index in [2.05, 4.69) is 26.1 Å². The molecule has 0 unspecified atom stereocenters. The summed E-state index contributed by atoms with van der Waals surface area (Å²) in [6, 6.07) is 1.99. The molecule has 27 heavy (non-hydrogen) atoms. The molecule has 1 aliphatic heterocycles. The fraction of sp³-hybridized carbons (Fsp3) is 0.667. The summed E-state index contributed by atoms with van der Waals surface area (Å²) in [5.74, 6) is -0.114. The van der Waals surface area contributed by atoms with Gasteiger partial charge in [-0.2, -0.15) is 13.2 Å². The number of hydrogen-bond acceptors (Lipinski definition) is 3. The lowest BCUT2D eigenvalue weighted by Gasteiger charge is -2.42. The molecule has 1 aliphatic carbocycles. The van der Waals surface area contributed by atoms with Gasteiger partial charge in [0.2, 0.25) is 0 Å². The largest absolute Gasteiger partial charge is 0.506 e. The Labute approximate surface area is 179 Å². The van der Waals surface area contributed by atoms with E-state index in [-0.39, 0.29) is 42.0 Å². The van der Waals surface area contributed by atoms with E-state index in [9.17, 15) is 18.3 Å². The fourth-order valence-electron chi connectivity index (χ4n) is 4.25. The highest BCUT2D eigenvalue weighted by Crippen LogP contribution is 2.48. The minimum Gasteiger partial charge on any atom is -0.506 e. The second kappa shape index (κ2) is 10.5. The molecule has 1 atom stereocenters. The molecule has 1 aromatic rings. The molecule has 2 fully saturated rings. The second-order valence-corrected chi connectivity index (χ2v) is 7.84. The van der Waals surface area contributed by atoms with Crippen molar-refractivity contribution in [1.29, 1.82) is 0 Å². The van der Waals surface area contributed by atoms with Crippen LogP contribution in [0.15, 0.2) is 16.6 Å². The maximum absolute atomic E-state index is 13.7. The topological polar surface area (TPSA) is 35.5 Å². The van der Waals surface area contributed by atoms with Gasteiger partial charge in [0.25, 0.3) is 0 Å². The van der Waals surface area contributed by atoms with Crippen molar-refractivity contribution in [2.75, 3.05) is 26.2 Å². The molecule has 1 aromatic carbocycles. The number of benzene rings is 1. The van der Waals surface area contributed by atoms with Crippen LogP contribution in [0.2, 0.25) is 0 Å². The van der Waals surface area contributed by atoms with Crippen LogP contribution in [0.5, 0.6) is 5.75 Å². The summed E-state index contributed by atoms with van der Waals surface area (Å²) in [5.41, 5.74) is -0.655. The van der Waals surface area contributed by atoms with Gasteiger partial charge >= 0.3 is 6.18 Å². The van der Waals surface area contributed by atoms with Crippen molar-refractivity contribution in [3.8, 4) is 5.75 Å². The molecule has 1 saturated heterocycles. The lowest BCUT2D eigenvalue weighted by Crippen LogP contribution is -2.47. The zero-order valence-corrected chi connectivity index (χ0v) is 18.1. The molecule has 3 rings (SSSR count). The first-order valence-electron chi connectivity index (χ1n) is 8.93. The van der Waals surface area contributed by atoms with Crippen molar-refractivity contribution >= 4 is 40.7 Å². The molecule has 0 bridgehead atoms. The third-order valence-corrected chi connectivity index (χ3v) is 6.05. The van der Waals surface area contributed by atoms with E-state index in [0.29, 0.717) is 17.6 Å². The molecule has 2 N–H and O–H groups in total. The molecule has 2 aliphatic rings. The number of halogens is 6. The van der Waals surface area contributed by atoms with Crippen molar-refractivity contribution in [2.24, 2.45) is 5.92 Å². The number of phenolic OH excluding ortho intramolecular Hbond substituents is 1. The summed E-state index contributed by atoms with van der Waals surface area (Å²) in [4.78, 5) is 2.13. The van der Waals surface area contributed by atoms with Crippen LogP contribution in [0, 0.1) is 5.92 Å². The highest BCUT2D eigenvalue weighted by atomic mass is 79.9. The molecular weight excluding hydrogens is 468 g/mol. The molecular formula is C18H26BrCl2F3N2O. The Morgan fingerprint density at radius 3 is 2.22 bits per heavy atom. The first-order valence-corrected chi connectivity index (χ1v) is 9.72. The number of piperazine rings is 1. The molecule has 0 spiro atoms. The molecule has 3 nitrogen and oxygen atoms in total. The van der Waals surface area contributed by atoms with Crippen molar-refractivity contribution < 1.29 is 18.3 Å². The van der Waals surface area contributed by atoms with Crippen molar-refractivity contribution in [3.05, 3.63) is 27.7 Å². The zero-order chi connectivity index (χ0) is 18.0. The van der Waals surface area contributed by atoms with Crippen LogP contribution in [0.4, 0.5) is 13.2 Å². The van der Waals surface area contributed by atoms with Gasteiger partial charge in [-0.25, -0.2) is 0 Å². The van der Waals surface area contributed by atoms with E-state index in [4.69, 9.17) is 0 Å². The maximum Gasteiger partial charge on any atom is 0.416 e. The molecule has 0 aromatic heterocycles. The predicted molar refractivity (Wildman–Crippen MR) is 109 cm³/mol. The van der Waals surface area contributed by atoms with Gasteiger partial charge in [0.05, 0.1) is 10.0 Å². The van der Waals surface area contributed by atoms with Gasteiger partial charge in [0.1, 0.15) is 5.75 Å². The third kappa shape index (κ3) is 5.66. The summed E-state index contributed by atoms with van der Waals surface area (Å²) in [6.07, 6.45) is 0.582. The van der Waals surface area contributed by atoms with Crippen molar-refractivity contribution in [1.82, 2.24) is 10.2 Å². The average Bonchev–Trinajstić information content (AvgIpc) is 2.60. The molecule has 9 heteroatoms. The van der Waals surface area contributed by atoms with Crippen LogP contribution in [0.1, 0.15) is 49.3 Å². The average molecular weight is 494 g/mol. The number of nitrogens with zero attached hydrogens (tertiary/aromatic N) is 1. The minimum atomic E-state index is -4.48. The Balaban J connectivity index is 0.00000182. The van der Waals surface area contributed by atoms with E-state index in [1.54, 1.807) is 0 Å². The summed E-state index contributed by atoms with van der Waals surface area (Å²) in [6.45, 7) is 2.92. The van der Waals surface area contributed by atoms with Crippen LogP contribution in [-0.2, 0) is 6.18 Å². The van der Waals surface area contributed by atoms with Crippen LogP contribution < -0.4 is 5.32 Å². The van der Waals surface area contributed by atoms with E-state index < -0.39 is 17.8 Å². The summed E-state index contributed by atoms with van der Waals surface area (Å²) in [7, 11) is 0. The van der Waals surface area contributed by atoms with Gasteiger partial charge in [-0.3, -0.25) is 4.90 Å². The first kappa shape index (κ1) is 24.8. The Kier molecular flexibility index (Phi) is 9.69. The second-order valence-electron chi connectivity index (χ2n) is 6.98. The van der Waals surface area contributed by atoms with Gasteiger partial charge in [-0.1, -0.05) is 19.3 Å². The number of rotatable bonds is 3. The highest BCUT2D eigenvalue weighted by Gasteiger charge is 2.41. The summed E-state index contributed by atoms with van der Waals surface area (Å²) in [5, 5.41) is 13.8. The minimum absolute atomic E-state index is 0. The van der Waals surface area contributed by atoms with Gasteiger partial charge < -0.3 is 10.4 Å². The Hall–Kier alpha value is -0.210. The van der Waals surface area contributed by atoms with Crippen molar-refractivity contribution in [3.63, 3.8) is 0 Å². The van der Waals surface area contributed by atoms with Crippen LogP contribution >= 0.6 is 40.7 Å². The molecule has 0 radical (unpaired) electrons. The van der Waals surface area contributed by atoms with Crippen LogP contribution in [0.3, 0.4) is 0 Å². The number of phenols is 1. The van der Waals surface area contributed by atoms with Crippen LogP contribution in [-0.4, -0.2) is 36.2 Å². The monoisotopic (exact) mass is 492 g/mol. The zero-order valence-electron chi connectivity index (χ0n) is 14.9. The van der Waals surface area contributed by atoms with E-state index in [1.165, 1.54) is 6.07 Å². The SMILES string of the molecule is Cl.Cl.Oc1c(Br)ccc(C(F)(F)F)c1[C@@H](C1CCCCC1)N1CCNCC1. The van der Waals surface area contributed by atoms with E-state index in [1.807, 2.05) is 0 Å². The van der Waals surface area contributed by atoms with Crippen molar-refractivity contribution in [2.45, 2.75) is 44.3 Å². The standard InChI is InChI=1S/C18H24BrF3N2O.2ClH/c19-14-7-6-13(18(20,21)22)15(17(14)25)16(12-4-2-1-3-5-12)24-10-8-23-9-11-24;;/h6-7,12,16,23,25H,1-5,8-11H2;2*1H/t16-;;/m1../s1. The first-order chi connectivity index (χ1) is 11.9. The molecule has 1 heterocycles. The van der Waals surface area contributed by atoms with E-state index in [0.717, 1.165) is 51.3 Å². The van der Waals surface area contributed by atoms with Gasteiger partial charge in [-0.05, 0) is 46.8 Å². The Bertz CT molecular complexity index is 589. The van der Waals surface area contributed by atoms with Gasteiger partial charge in [-0.15, -0.1) is 24.8 Å². The molecule has 156 valence electrons.